The Balaban J connectivity index is 1.70. The van der Waals surface area contributed by atoms with Gasteiger partial charge in [0, 0.05) is 42.9 Å². The van der Waals surface area contributed by atoms with E-state index in [0.717, 1.165) is 38.0 Å². The summed E-state index contributed by atoms with van der Waals surface area (Å²) in [4.78, 5) is 17.0. The number of carbonyl (C=O) groups is 1. The zero-order valence-corrected chi connectivity index (χ0v) is 23.2. The van der Waals surface area contributed by atoms with Gasteiger partial charge in [0.25, 0.3) is 0 Å². The second-order valence-corrected chi connectivity index (χ2v) is 11.3. The number of benzene rings is 2. The number of rotatable bonds is 11. The van der Waals surface area contributed by atoms with Crippen LogP contribution in [0.1, 0.15) is 44.4 Å². The van der Waals surface area contributed by atoms with Gasteiger partial charge in [0.05, 0.1) is 22.9 Å². The number of amides is 1. The summed E-state index contributed by atoms with van der Waals surface area (Å²) >= 11 is 12.0. The number of carbonyl (C=O) groups excluding carboxylic acids is 1. The van der Waals surface area contributed by atoms with Crippen LogP contribution in [0.5, 0.6) is 5.75 Å². The smallest absolute Gasteiger partial charge is 0.339 e. The second kappa shape index (κ2) is 11.8. The zero-order valence-electron chi connectivity index (χ0n) is 20.8. The highest BCUT2D eigenvalue weighted by atomic mass is 35.5. The minimum absolute atomic E-state index is 0.0220. The van der Waals surface area contributed by atoms with Crippen molar-refractivity contribution in [3.8, 4) is 5.75 Å². The van der Waals surface area contributed by atoms with Gasteiger partial charge in [-0.15, -0.1) is 0 Å². The van der Waals surface area contributed by atoms with Gasteiger partial charge in [0.2, 0.25) is 5.91 Å². The van der Waals surface area contributed by atoms with Crippen LogP contribution in [0.3, 0.4) is 0 Å². The van der Waals surface area contributed by atoms with E-state index in [1.165, 1.54) is 18.2 Å². The Hall–Kier alpha value is -2.68. The van der Waals surface area contributed by atoms with Crippen LogP contribution in [0, 0.1) is 5.92 Å². The molecule has 0 aliphatic heterocycles. The Labute approximate surface area is 228 Å². The molecule has 37 heavy (non-hydrogen) atoms. The monoisotopic (exact) mass is 564 g/mol. The summed E-state index contributed by atoms with van der Waals surface area (Å²) in [5.41, 5.74) is 1.38. The molecule has 198 valence electrons. The molecule has 0 saturated heterocycles. The minimum Gasteiger partial charge on any atom is -0.467 e. The maximum absolute atomic E-state index is 13.3. The molecule has 1 heterocycles. The van der Waals surface area contributed by atoms with Gasteiger partial charge in [0.1, 0.15) is 16.4 Å². The Bertz CT molecular complexity index is 1340. The van der Waals surface area contributed by atoms with Gasteiger partial charge in [-0.1, -0.05) is 35.7 Å². The average Bonchev–Trinajstić information content (AvgIpc) is 3.34. The lowest BCUT2D eigenvalue weighted by Gasteiger charge is -2.32. The van der Waals surface area contributed by atoms with Crippen LogP contribution in [0.25, 0.3) is 0 Å². The van der Waals surface area contributed by atoms with Gasteiger partial charge in [0.15, 0.2) is 0 Å². The standard InChI is InChI=1S/C27H30Cl2N2O5S/c1-3-30(4-2)21-11-10-20(17-31(18-22-9-6-14-35-22)27(32)19-7-5-8-19)26(15-21)36-37(33,34)23-12-13-24(28)25(29)16-23/h6,9-16,19H,3-5,7-8,17-18H2,1-2H3. The summed E-state index contributed by atoms with van der Waals surface area (Å²) in [5.74, 6) is 0.794. The molecule has 1 aliphatic rings. The van der Waals surface area contributed by atoms with E-state index in [2.05, 4.69) is 4.90 Å². The molecular formula is C27H30Cl2N2O5S. The van der Waals surface area contributed by atoms with Crippen LogP contribution < -0.4 is 9.08 Å². The van der Waals surface area contributed by atoms with E-state index in [1.807, 2.05) is 32.0 Å². The van der Waals surface area contributed by atoms with Crippen molar-refractivity contribution < 1.29 is 21.8 Å². The predicted octanol–water partition coefficient (Wildman–Crippen LogP) is 6.53. The molecule has 0 N–H and O–H groups in total. The Morgan fingerprint density at radius 3 is 2.38 bits per heavy atom. The van der Waals surface area contributed by atoms with Gasteiger partial charge in [-0.05, 0) is 63.1 Å². The molecule has 0 unspecified atom stereocenters. The molecule has 0 spiro atoms. The number of nitrogens with zero attached hydrogens (tertiary/aromatic N) is 2. The fourth-order valence-corrected chi connectivity index (χ4v) is 5.60. The molecule has 1 aromatic heterocycles. The number of halogens is 2. The van der Waals surface area contributed by atoms with Crippen LogP contribution in [-0.4, -0.2) is 32.3 Å². The largest absolute Gasteiger partial charge is 0.467 e. The van der Waals surface area contributed by atoms with Crippen LogP contribution in [0.4, 0.5) is 5.69 Å². The van der Waals surface area contributed by atoms with Crippen LogP contribution in [0.15, 0.2) is 64.1 Å². The van der Waals surface area contributed by atoms with Crippen LogP contribution in [0.2, 0.25) is 10.0 Å². The lowest BCUT2D eigenvalue weighted by atomic mass is 9.84. The van der Waals surface area contributed by atoms with Gasteiger partial charge in [-0.3, -0.25) is 4.79 Å². The molecule has 1 amide bonds. The molecule has 1 aliphatic carbocycles. The number of anilines is 1. The van der Waals surface area contributed by atoms with Crippen molar-refractivity contribution in [2.45, 2.75) is 51.1 Å². The highest BCUT2D eigenvalue weighted by Gasteiger charge is 2.31. The van der Waals surface area contributed by atoms with Gasteiger partial charge in [-0.25, -0.2) is 0 Å². The number of hydrogen-bond donors (Lipinski definition) is 0. The van der Waals surface area contributed by atoms with E-state index >= 15 is 0 Å². The summed E-state index contributed by atoms with van der Waals surface area (Å²) in [6.07, 6.45) is 4.30. The lowest BCUT2D eigenvalue weighted by Crippen LogP contribution is -2.38. The van der Waals surface area contributed by atoms with Crippen molar-refractivity contribution in [1.29, 1.82) is 0 Å². The van der Waals surface area contributed by atoms with Crippen molar-refractivity contribution in [2.24, 2.45) is 5.92 Å². The second-order valence-electron chi connectivity index (χ2n) is 8.98. The van der Waals surface area contributed by atoms with Gasteiger partial charge in [-0.2, -0.15) is 8.42 Å². The van der Waals surface area contributed by atoms with E-state index < -0.39 is 10.1 Å². The Morgan fingerprint density at radius 2 is 1.78 bits per heavy atom. The fraction of sp³-hybridized carbons (Fsp3) is 0.370. The number of hydrogen-bond acceptors (Lipinski definition) is 6. The van der Waals surface area contributed by atoms with Crippen LogP contribution >= 0.6 is 23.2 Å². The third-order valence-corrected chi connectivity index (χ3v) is 8.58. The molecule has 1 fully saturated rings. The molecule has 10 heteroatoms. The molecule has 2 aromatic carbocycles. The van der Waals surface area contributed by atoms with Crippen molar-refractivity contribution in [2.75, 3.05) is 18.0 Å². The summed E-state index contributed by atoms with van der Waals surface area (Å²) in [6, 6.07) is 13.1. The summed E-state index contributed by atoms with van der Waals surface area (Å²) in [7, 11) is -4.23. The first-order valence-corrected chi connectivity index (χ1v) is 14.5. The molecule has 4 rings (SSSR count). The maximum Gasteiger partial charge on any atom is 0.339 e. The third kappa shape index (κ3) is 6.43. The Morgan fingerprint density at radius 1 is 1.03 bits per heavy atom. The zero-order chi connectivity index (χ0) is 26.6. The minimum atomic E-state index is -4.23. The molecular weight excluding hydrogens is 535 g/mol. The normalized spacial score (nSPS) is 13.7. The van der Waals surface area contributed by atoms with Crippen molar-refractivity contribution in [1.82, 2.24) is 4.90 Å². The van der Waals surface area contributed by atoms with Crippen molar-refractivity contribution >= 4 is 44.9 Å². The summed E-state index contributed by atoms with van der Waals surface area (Å²) < 4.78 is 37.7. The first-order valence-electron chi connectivity index (χ1n) is 12.3. The first kappa shape index (κ1) is 27.4. The highest BCUT2D eigenvalue weighted by Crippen LogP contribution is 2.34. The van der Waals surface area contributed by atoms with Crippen molar-refractivity contribution in [3.05, 3.63) is 76.2 Å². The SMILES string of the molecule is CCN(CC)c1ccc(CN(Cc2ccco2)C(=O)C2CCC2)c(OS(=O)(=O)c2ccc(Cl)c(Cl)c2)c1. The quantitative estimate of drug-likeness (QED) is 0.246. The maximum atomic E-state index is 13.3. The van der Waals surface area contributed by atoms with E-state index in [1.54, 1.807) is 23.3 Å². The highest BCUT2D eigenvalue weighted by molar-refractivity contribution is 7.87. The predicted molar refractivity (Wildman–Crippen MR) is 145 cm³/mol. The average molecular weight is 566 g/mol. The molecule has 0 atom stereocenters. The van der Waals surface area contributed by atoms with E-state index in [-0.39, 0.29) is 45.6 Å². The van der Waals surface area contributed by atoms with E-state index in [0.29, 0.717) is 11.3 Å². The van der Waals surface area contributed by atoms with E-state index in [4.69, 9.17) is 31.8 Å². The lowest BCUT2D eigenvalue weighted by molar-refractivity contribution is -0.139. The molecule has 0 radical (unpaired) electrons. The molecule has 3 aromatic rings. The van der Waals surface area contributed by atoms with Crippen LogP contribution in [-0.2, 0) is 28.0 Å². The fourth-order valence-electron chi connectivity index (χ4n) is 4.26. The number of furan rings is 1. The molecule has 0 bridgehead atoms. The summed E-state index contributed by atoms with van der Waals surface area (Å²) in [5, 5.41) is 0.354. The topological polar surface area (TPSA) is 80.1 Å². The first-order chi connectivity index (χ1) is 17.7. The van der Waals surface area contributed by atoms with Gasteiger partial charge >= 0.3 is 10.1 Å². The molecule has 1 saturated carbocycles. The summed E-state index contributed by atoms with van der Waals surface area (Å²) in [6.45, 7) is 5.96. The third-order valence-electron chi connectivity index (χ3n) is 6.61. The molecule has 7 nitrogen and oxygen atoms in total. The van der Waals surface area contributed by atoms with Gasteiger partial charge < -0.3 is 18.4 Å². The Kier molecular flexibility index (Phi) is 8.72. The van der Waals surface area contributed by atoms with E-state index in [9.17, 15) is 13.2 Å². The van der Waals surface area contributed by atoms with Crippen molar-refractivity contribution in [3.63, 3.8) is 0 Å².